The Morgan fingerprint density at radius 2 is 2.10 bits per heavy atom. The highest BCUT2D eigenvalue weighted by molar-refractivity contribution is 6.30. The average molecular weight is 329 g/mol. The summed E-state index contributed by atoms with van der Waals surface area (Å²) in [5.41, 5.74) is 0.704. The van der Waals surface area contributed by atoms with E-state index in [1.165, 1.54) is 36.5 Å². The molecule has 0 fully saturated rings. The molecular weight excluding hydrogens is 318 g/mol. The molecule has 1 atom stereocenters. The van der Waals surface area contributed by atoms with Crippen LogP contribution in [-0.2, 0) is 0 Å². The van der Waals surface area contributed by atoms with Gasteiger partial charge in [0.25, 0.3) is 5.91 Å². The van der Waals surface area contributed by atoms with Crippen LogP contribution in [0.15, 0.2) is 36.5 Å². The summed E-state index contributed by atoms with van der Waals surface area (Å²) in [5.74, 6) is -1.07. The Balaban J connectivity index is 2.18. The fourth-order valence-electron chi connectivity index (χ4n) is 1.75. The number of benzene rings is 1. The number of aliphatic hydroxyl groups excluding tert-OH is 1. The van der Waals surface area contributed by atoms with Crippen molar-refractivity contribution in [3.63, 3.8) is 0 Å². The van der Waals surface area contributed by atoms with E-state index in [0.717, 1.165) is 0 Å². The Morgan fingerprint density at radius 3 is 2.71 bits per heavy atom. The Bertz CT molecular complexity index is 667. The Kier molecular flexibility index (Phi) is 5.12. The second kappa shape index (κ2) is 6.85. The van der Waals surface area contributed by atoms with Crippen LogP contribution in [0.1, 0.15) is 22.0 Å². The lowest BCUT2D eigenvalue weighted by atomic mass is 10.1. The molecular formula is C14H11Cl2FN2O2. The van der Waals surface area contributed by atoms with Crippen LogP contribution in [0.25, 0.3) is 0 Å². The van der Waals surface area contributed by atoms with Crippen molar-refractivity contribution < 1.29 is 14.3 Å². The number of pyridine rings is 1. The smallest absolute Gasteiger partial charge is 0.252 e. The number of nitrogens with one attached hydrogen (secondary N) is 1. The van der Waals surface area contributed by atoms with Crippen molar-refractivity contribution in [3.05, 3.63) is 63.6 Å². The van der Waals surface area contributed by atoms with Gasteiger partial charge in [-0.25, -0.2) is 9.37 Å². The molecule has 0 spiro atoms. The molecule has 0 aliphatic carbocycles. The third-order valence-corrected chi connectivity index (χ3v) is 3.34. The summed E-state index contributed by atoms with van der Waals surface area (Å²) in [4.78, 5) is 15.8. The van der Waals surface area contributed by atoms with E-state index in [9.17, 15) is 14.3 Å². The summed E-state index contributed by atoms with van der Waals surface area (Å²) in [6.45, 7) is -0.383. The molecule has 2 aromatic rings. The number of carbonyl (C=O) groups excluding carboxylic acids is 1. The molecule has 7 heteroatoms. The average Bonchev–Trinajstić information content (AvgIpc) is 2.47. The minimum Gasteiger partial charge on any atom is -0.394 e. The number of aliphatic hydroxyl groups is 1. The minimum absolute atomic E-state index is 0.0253. The maximum Gasteiger partial charge on any atom is 0.252 e. The summed E-state index contributed by atoms with van der Waals surface area (Å²) in [6, 6.07) is 6.20. The van der Waals surface area contributed by atoms with Crippen molar-refractivity contribution in [1.29, 1.82) is 0 Å². The molecule has 0 saturated carbocycles. The topological polar surface area (TPSA) is 62.2 Å². The van der Waals surface area contributed by atoms with Crippen LogP contribution in [0, 0.1) is 5.82 Å². The molecule has 0 aliphatic heterocycles. The minimum atomic E-state index is -0.754. The molecule has 2 rings (SSSR count). The number of rotatable bonds is 4. The number of aromatic nitrogens is 1. The maximum absolute atomic E-state index is 13.4. The van der Waals surface area contributed by atoms with Crippen LogP contribution in [0.4, 0.5) is 4.39 Å². The van der Waals surface area contributed by atoms with E-state index >= 15 is 0 Å². The van der Waals surface area contributed by atoms with Crippen LogP contribution in [0.5, 0.6) is 0 Å². The molecule has 2 N–H and O–H groups in total. The van der Waals surface area contributed by atoms with E-state index in [2.05, 4.69) is 10.3 Å². The summed E-state index contributed by atoms with van der Waals surface area (Å²) in [7, 11) is 0. The SMILES string of the molecule is O=C(NC(CO)c1ccc(Cl)c(F)c1)c1ccnc(Cl)c1. The third-order valence-electron chi connectivity index (χ3n) is 2.82. The molecule has 4 nitrogen and oxygen atoms in total. The lowest BCUT2D eigenvalue weighted by Gasteiger charge is -2.17. The number of halogens is 3. The van der Waals surface area contributed by atoms with Gasteiger partial charge in [0.1, 0.15) is 11.0 Å². The summed E-state index contributed by atoms with van der Waals surface area (Å²) >= 11 is 11.3. The van der Waals surface area contributed by atoms with Crippen molar-refractivity contribution in [2.45, 2.75) is 6.04 Å². The second-order valence-electron chi connectivity index (χ2n) is 4.25. The molecule has 1 aromatic carbocycles. The van der Waals surface area contributed by atoms with Gasteiger partial charge in [-0.05, 0) is 29.8 Å². The van der Waals surface area contributed by atoms with Gasteiger partial charge < -0.3 is 10.4 Å². The molecule has 0 bridgehead atoms. The highest BCUT2D eigenvalue weighted by atomic mass is 35.5. The third kappa shape index (κ3) is 3.91. The van der Waals surface area contributed by atoms with Crippen molar-refractivity contribution in [2.24, 2.45) is 0 Å². The molecule has 1 aromatic heterocycles. The van der Waals surface area contributed by atoms with Gasteiger partial charge in [0, 0.05) is 11.8 Å². The highest BCUT2D eigenvalue weighted by Gasteiger charge is 2.16. The molecule has 1 amide bonds. The van der Waals surface area contributed by atoms with Crippen LogP contribution in [0.3, 0.4) is 0 Å². The molecule has 0 aliphatic rings. The first-order valence-electron chi connectivity index (χ1n) is 5.99. The van der Waals surface area contributed by atoms with Crippen LogP contribution < -0.4 is 5.32 Å². The lowest BCUT2D eigenvalue weighted by Crippen LogP contribution is -2.30. The fourth-order valence-corrected chi connectivity index (χ4v) is 2.04. The number of nitrogens with zero attached hydrogens (tertiary/aromatic N) is 1. The van der Waals surface area contributed by atoms with Gasteiger partial charge in [0.15, 0.2) is 0 Å². The monoisotopic (exact) mass is 328 g/mol. The summed E-state index contributed by atoms with van der Waals surface area (Å²) in [5, 5.41) is 12.1. The molecule has 1 unspecified atom stereocenters. The number of amides is 1. The quantitative estimate of drug-likeness (QED) is 0.848. The Hall–Kier alpha value is -1.69. The zero-order chi connectivity index (χ0) is 15.4. The maximum atomic E-state index is 13.4. The van der Waals surface area contributed by atoms with E-state index in [4.69, 9.17) is 23.2 Å². The van der Waals surface area contributed by atoms with Gasteiger partial charge in [0.05, 0.1) is 17.7 Å². The van der Waals surface area contributed by atoms with Crippen molar-refractivity contribution in [1.82, 2.24) is 10.3 Å². The van der Waals surface area contributed by atoms with E-state index < -0.39 is 17.8 Å². The first-order chi connectivity index (χ1) is 10.0. The van der Waals surface area contributed by atoms with Gasteiger partial charge in [-0.15, -0.1) is 0 Å². The lowest BCUT2D eigenvalue weighted by molar-refractivity contribution is 0.0916. The van der Waals surface area contributed by atoms with E-state index in [1.54, 1.807) is 0 Å². The molecule has 110 valence electrons. The summed E-state index contributed by atoms with van der Waals surface area (Å²) in [6.07, 6.45) is 1.40. The standard InChI is InChI=1S/C14H11Cl2FN2O2/c15-10-2-1-8(5-11(10)17)12(7-20)19-14(21)9-3-4-18-13(16)6-9/h1-6,12,20H,7H2,(H,19,21). The highest BCUT2D eigenvalue weighted by Crippen LogP contribution is 2.20. The molecule has 21 heavy (non-hydrogen) atoms. The van der Waals surface area contributed by atoms with Crippen molar-refractivity contribution in [3.8, 4) is 0 Å². The van der Waals surface area contributed by atoms with E-state index in [1.807, 2.05) is 0 Å². The predicted molar refractivity (Wildman–Crippen MR) is 78.0 cm³/mol. The van der Waals surface area contributed by atoms with Crippen LogP contribution >= 0.6 is 23.2 Å². The normalized spacial score (nSPS) is 12.0. The Morgan fingerprint density at radius 1 is 1.33 bits per heavy atom. The van der Waals surface area contributed by atoms with Crippen molar-refractivity contribution in [2.75, 3.05) is 6.61 Å². The molecule has 0 radical (unpaired) electrons. The number of hydrogen-bond donors (Lipinski definition) is 2. The van der Waals surface area contributed by atoms with Crippen LogP contribution in [-0.4, -0.2) is 22.6 Å². The fraction of sp³-hybridized carbons (Fsp3) is 0.143. The molecule has 0 saturated heterocycles. The number of hydrogen-bond acceptors (Lipinski definition) is 3. The second-order valence-corrected chi connectivity index (χ2v) is 5.04. The van der Waals surface area contributed by atoms with Gasteiger partial charge in [-0.1, -0.05) is 29.3 Å². The van der Waals surface area contributed by atoms with Crippen LogP contribution in [0.2, 0.25) is 10.2 Å². The van der Waals surface area contributed by atoms with Gasteiger partial charge in [-0.2, -0.15) is 0 Å². The molecule has 1 heterocycles. The first-order valence-corrected chi connectivity index (χ1v) is 6.75. The van der Waals surface area contributed by atoms with Gasteiger partial charge in [0.2, 0.25) is 0 Å². The van der Waals surface area contributed by atoms with Gasteiger partial charge in [-0.3, -0.25) is 4.79 Å². The largest absolute Gasteiger partial charge is 0.394 e. The zero-order valence-electron chi connectivity index (χ0n) is 10.7. The van der Waals surface area contributed by atoms with E-state index in [0.29, 0.717) is 11.1 Å². The zero-order valence-corrected chi connectivity index (χ0v) is 12.2. The number of carbonyl (C=O) groups is 1. The Labute approximate surface area is 130 Å². The first kappa shape index (κ1) is 15.7. The van der Waals surface area contributed by atoms with Gasteiger partial charge >= 0.3 is 0 Å². The summed E-state index contributed by atoms with van der Waals surface area (Å²) < 4.78 is 13.4. The van der Waals surface area contributed by atoms with Crippen molar-refractivity contribution >= 4 is 29.1 Å². The van der Waals surface area contributed by atoms with E-state index in [-0.39, 0.29) is 16.8 Å². The predicted octanol–water partition coefficient (Wildman–Crippen LogP) is 2.99.